The van der Waals surface area contributed by atoms with Crippen LogP contribution in [0.25, 0.3) is 0 Å². The monoisotopic (exact) mass is 346 g/mol. The van der Waals surface area contributed by atoms with Gasteiger partial charge in [-0.2, -0.15) is 8.78 Å². The molecule has 0 radical (unpaired) electrons. The van der Waals surface area contributed by atoms with Gasteiger partial charge in [0.2, 0.25) is 5.91 Å². The third kappa shape index (κ3) is 4.14. The minimum atomic E-state index is -2.90. The highest BCUT2D eigenvalue weighted by Crippen LogP contribution is 2.26. The molecule has 1 amide bonds. The molecule has 1 heterocycles. The van der Waals surface area contributed by atoms with Crippen LogP contribution in [0, 0.1) is 0 Å². The summed E-state index contributed by atoms with van der Waals surface area (Å²) in [4.78, 5) is 12.6. The fraction of sp³-hybridized carbons (Fsp3) is 0.316. The number of benzene rings is 2. The second kappa shape index (κ2) is 7.61. The molecule has 4 nitrogen and oxygen atoms in total. The van der Waals surface area contributed by atoms with E-state index in [2.05, 4.69) is 15.4 Å². The summed E-state index contributed by atoms with van der Waals surface area (Å²) in [5, 5.41) is 6.10. The predicted molar refractivity (Wildman–Crippen MR) is 90.4 cm³/mol. The lowest BCUT2D eigenvalue weighted by atomic mass is 9.95. The van der Waals surface area contributed by atoms with Crippen molar-refractivity contribution in [1.82, 2.24) is 10.6 Å². The highest BCUT2D eigenvalue weighted by Gasteiger charge is 2.25. The maximum absolute atomic E-state index is 12.6. The summed E-state index contributed by atoms with van der Waals surface area (Å²) < 4.78 is 29.6. The van der Waals surface area contributed by atoms with Gasteiger partial charge < -0.3 is 15.4 Å². The summed E-state index contributed by atoms with van der Waals surface area (Å²) in [7, 11) is 0. The Kier molecular flexibility index (Phi) is 5.28. The van der Waals surface area contributed by atoms with Crippen LogP contribution in [0.3, 0.4) is 0 Å². The minimum absolute atomic E-state index is 0.0762. The molecule has 25 heavy (non-hydrogen) atoms. The van der Waals surface area contributed by atoms with Crippen LogP contribution in [0.4, 0.5) is 8.78 Å². The highest BCUT2D eigenvalue weighted by molar-refractivity contribution is 5.83. The number of carbonyl (C=O) groups is 1. The van der Waals surface area contributed by atoms with Crippen LogP contribution in [-0.2, 0) is 17.8 Å². The third-order valence-corrected chi connectivity index (χ3v) is 4.36. The molecule has 2 unspecified atom stereocenters. The molecule has 0 aliphatic carbocycles. The van der Waals surface area contributed by atoms with Crippen molar-refractivity contribution in [3.05, 3.63) is 65.2 Å². The predicted octanol–water partition coefficient (Wildman–Crippen LogP) is 3.18. The molecule has 0 spiro atoms. The SMILES string of the molecule is CC(NC(=O)C1Cc2ccccc2CN1)c1ccccc1OC(F)F. The Morgan fingerprint density at radius 1 is 1.16 bits per heavy atom. The normalized spacial score (nSPS) is 17.7. The van der Waals surface area contributed by atoms with E-state index in [1.54, 1.807) is 25.1 Å². The fourth-order valence-electron chi connectivity index (χ4n) is 3.07. The van der Waals surface area contributed by atoms with Gasteiger partial charge in [-0.1, -0.05) is 42.5 Å². The maximum Gasteiger partial charge on any atom is 0.387 e. The standard InChI is InChI=1S/C19H20F2N2O2/c1-12(15-8-4-5-9-17(15)25-19(20)21)23-18(24)16-10-13-6-2-3-7-14(13)11-22-16/h2-9,12,16,19,22H,10-11H2,1H3,(H,23,24). The van der Waals surface area contributed by atoms with Crippen molar-refractivity contribution in [3.63, 3.8) is 0 Å². The highest BCUT2D eigenvalue weighted by atomic mass is 19.3. The van der Waals surface area contributed by atoms with Crippen LogP contribution in [-0.4, -0.2) is 18.6 Å². The zero-order valence-electron chi connectivity index (χ0n) is 13.8. The van der Waals surface area contributed by atoms with E-state index in [0.717, 1.165) is 5.56 Å². The van der Waals surface area contributed by atoms with E-state index in [9.17, 15) is 13.6 Å². The van der Waals surface area contributed by atoms with Crippen molar-refractivity contribution in [1.29, 1.82) is 0 Å². The number of halogens is 2. The van der Waals surface area contributed by atoms with Crippen LogP contribution in [0.1, 0.15) is 29.7 Å². The number of ether oxygens (including phenoxy) is 1. The van der Waals surface area contributed by atoms with Crippen molar-refractivity contribution < 1.29 is 18.3 Å². The van der Waals surface area contributed by atoms with Crippen molar-refractivity contribution in [2.75, 3.05) is 0 Å². The Balaban J connectivity index is 1.68. The molecule has 2 N–H and O–H groups in total. The Morgan fingerprint density at radius 2 is 1.84 bits per heavy atom. The van der Waals surface area contributed by atoms with E-state index in [1.807, 2.05) is 24.3 Å². The fourth-order valence-corrected chi connectivity index (χ4v) is 3.07. The number of hydrogen-bond donors (Lipinski definition) is 2. The van der Waals surface area contributed by atoms with Crippen molar-refractivity contribution in [2.24, 2.45) is 0 Å². The molecule has 0 fully saturated rings. The summed E-state index contributed by atoms with van der Waals surface area (Å²) in [6.45, 7) is -0.517. The van der Waals surface area contributed by atoms with Crippen LogP contribution < -0.4 is 15.4 Å². The smallest absolute Gasteiger partial charge is 0.387 e. The zero-order chi connectivity index (χ0) is 17.8. The number of alkyl halides is 2. The summed E-state index contributed by atoms with van der Waals surface area (Å²) in [5.74, 6) is -0.0823. The first-order valence-electron chi connectivity index (χ1n) is 8.19. The van der Waals surface area contributed by atoms with Gasteiger partial charge in [-0.3, -0.25) is 4.79 Å². The summed E-state index contributed by atoms with van der Waals surface area (Å²) in [5.41, 5.74) is 2.86. The van der Waals surface area contributed by atoms with Gasteiger partial charge in [0.15, 0.2) is 0 Å². The van der Waals surface area contributed by atoms with E-state index in [4.69, 9.17) is 0 Å². The second-order valence-electron chi connectivity index (χ2n) is 6.05. The summed E-state index contributed by atoms with van der Waals surface area (Å²) >= 11 is 0. The van der Waals surface area contributed by atoms with Gasteiger partial charge in [0, 0.05) is 12.1 Å². The molecule has 2 aromatic rings. The first-order chi connectivity index (χ1) is 12.0. The zero-order valence-corrected chi connectivity index (χ0v) is 13.8. The minimum Gasteiger partial charge on any atom is -0.434 e. The number of nitrogens with one attached hydrogen (secondary N) is 2. The van der Waals surface area contributed by atoms with E-state index < -0.39 is 12.7 Å². The number of amides is 1. The molecule has 0 saturated carbocycles. The lowest BCUT2D eigenvalue weighted by Crippen LogP contribution is -2.48. The van der Waals surface area contributed by atoms with Crippen LogP contribution >= 0.6 is 0 Å². The van der Waals surface area contributed by atoms with Crippen LogP contribution in [0.15, 0.2) is 48.5 Å². The largest absolute Gasteiger partial charge is 0.434 e. The molecule has 6 heteroatoms. The van der Waals surface area contributed by atoms with E-state index in [-0.39, 0.29) is 17.7 Å². The van der Waals surface area contributed by atoms with Gasteiger partial charge >= 0.3 is 6.61 Å². The topological polar surface area (TPSA) is 50.4 Å². The summed E-state index contributed by atoms with van der Waals surface area (Å²) in [6.07, 6.45) is 0.601. The molecule has 132 valence electrons. The van der Waals surface area contributed by atoms with Crippen molar-refractivity contribution in [2.45, 2.75) is 38.6 Å². The number of rotatable bonds is 5. The average molecular weight is 346 g/mol. The first-order valence-corrected chi connectivity index (χ1v) is 8.19. The van der Waals surface area contributed by atoms with E-state index >= 15 is 0 Å². The maximum atomic E-state index is 12.6. The molecule has 2 aromatic carbocycles. The van der Waals surface area contributed by atoms with Crippen LogP contribution in [0.2, 0.25) is 0 Å². The average Bonchev–Trinajstić information content (AvgIpc) is 2.61. The molecular weight excluding hydrogens is 326 g/mol. The Morgan fingerprint density at radius 3 is 2.60 bits per heavy atom. The molecule has 0 bridgehead atoms. The molecule has 1 aliphatic rings. The van der Waals surface area contributed by atoms with Gasteiger partial charge in [0.25, 0.3) is 0 Å². The Labute approximate surface area is 145 Å². The Hall–Kier alpha value is -2.47. The molecule has 1 aliphatic heterocycles. The van der Waals surface area contributed by atoms with Gasteiger partial charge in [0.05, 0.1) is 12.1 Å². The third-order valence-electron chi connectivity index (χ3n) is 4.36. The van der Waals surface area contributed by atoms with E-state index in [1.165, 1.54) is 11.6 Å². The lowest BCUT2D eigenvalue weighted by molar-refractivity contribution is -0.124. The number of hydrogen-bond acceptors (Lipinski definition) is 3. The molecular formula is C19H20F2N2O2. The number of para-hydroxylation sites is 1. The van der Waals surface area contributed by atoms with Crippen molar-refractivity contribution >= 4 is 5.91 Å². The van der Waals surface area contributed by atoms with Crippen LogP contribution in [0.5, 0.6) is 5.75 Å². The van der Waals surface area contributed by atoms with Gasteiger partial charge in [-0.05, 0) is 30.5 Å². The number of fused-ring (bicyclic) bond motifs is 1. The second-order valence-corrected chi connectivity index (χ2v) is 6.05. The molecule has 0 saturated heterocycles. The van der Waals surface area contributed by atoms with Crippen molar-refractivity contribution in [3.8, 4) is 5.75 Å². The Bertz CT molecular complexity index is 752. The first kappa shape index (κ1) is 17.4. The quantitative estimate of drug-likeness (QED) is 0.874. The van der Waals surface area contributed by atoms with E-state index in [0.29, 0.717) is 18.5 Å². The molecule has 3 rings (SSSR count). The number of carbonyl (C=O) groups excluding carboxylic acids is 1. The summed E-state index contributed by atoms with van der Waals surface area (Å²) in [6, 6.07) is 13.7. The van der Waals surface area contributed by atoms with Gasteiger partial charge in [-0.25, -0.2) is 0 Å². The van der Waals surface area contributed by atoms with Gasteiger partial charge in [0.1, 0.15) is 5.75 Å². The molecule has 0 aromatic heterocycles. The molecule has 2 atom stereocenters. The van der Waals surface area contributed by atoms with Gasteiger partial charge in [-0.15, -0.1) is 0 Å². The lowest BCUT2D eigenvalue weighted by Gasteiger charge is -2.27.